The molecule has 2 unspecified atom stereocenters. The first kappa shape index (κ1) is 29.0. The van der Waals surface area contributed by atoms with E-state index < -0.39 is 34.7 Å². The zero-order chi connectivity index (χ0) is 28.2. The van der Waals surface area contributed by atoms with Crippen molar-refractivity contribution in [3.8, 4) is 11.5 Å². The number of thioether (sulfide) groups is 1. The van der Waals surface area contributed by atoms with Gasteiger partial charge in [0.25, 0.3) is 0 Å². The Kier molecular flexibility index (Phi) is 8.93. The summed E-state index contributed by atoms with van der Waals surface area (Å²) in [7, 11) is 0. The molecule has 2 atom stereocenters. The molecule has 0 heterocycles. The van der Waals surface area contributed by atoms with Gasteiger partial charge in [-0.15, -0.1) is 38.1 Å². The van der Waals surface area contributed by atoms with Crippen LogP contribution in [0.1, 0.15) is 32.8 Å². The fourth-order valence-electron chi connectivity index (χ4n) is 3.86. The number of alkyl halides is 6. The molecule has 0 aliphatic rings. The number of rotatable bonds is 8. The minimum absolute atomic E-state index is 0.400. The lowest BCUT2D eigenvalue weighted by molar-refractivity contribution is -0.275. The highest BCUT2D eigenvalue weighted by Crippen LogP contribution is 2.49. The molecule has 0 aliphatic heterocycles. The Morgan fingerprint density at radius 1 is 0.513 bits per heavy atom. The first-order valence-electron chi connectivity index (χ1n) is 11.2. The van der Waals surface area contributed by atoms with Gasteiger partial charge in [0.1, 0.15) is 11.5 Å². The lowest BCUT2D eigenvalue weighted by Crippen LogP contribution is -2.17. The van der Waals surface area contributed by atoms with E-state index in [-0.39, 0.29) is 0 Å². The zero-order valence-electron chi connectivity index (χ0n) is 19.6. The molecule has 0 aliphatic carbocycles. The van der Waals surface area contributed by atoms with Crippen molar-refractivity contribution in [1.82, 2.24) is 0 Å². The van der Waals surface area contributed by atoms with E-state index in [0.717, 1.165) is 0 Å². The Balaban J connectivity index is 1.81. The van der Waals surface area contributed by atoms with Gasteiger partial charge in [-0.25, -0.2) is 0 Å². The molecule has 4 rings (SSSR count). The largest absolute Gasteiger partial charge is 0.573 e. The third-order valence-electron chi connectivity index (χ3n) is 5.41. The molecule has 0 fully saturated rings. The average Bonchev–Trinajstić information content (AvgIpc) is 2.84. The maximum atomic E-state index is 12.9. The second-order valence-electron chi connectivity index (χ2n) is 8.24. The van der Waals surface area contributed by atoms with E-state index in [1.54, 1.807) is 60.7 Å². The van der Waals surface area contributed by atoms with Gasteiger partial charge in [0.2, 0.25) is 0 Å². The molecule has 204 valence electrons. The van der Waals surface area contributed by atoms with Crippen LogP contribution in [0.15, 0.2) is 97.1 Å². The van der Waals surface area contributed by atoms with Crippen LogP contribution in [0.25, 0.3) is 0 Å². The van der Waals surface area contributed by atoms with E-state index >= 15 is 0 Å². The van der Waals surface area contributed by atoms with E-state index in [0.29, 0.717) is 32.3 Å². The fraction of sp³-hybridized carbons (Fsp3) is 0.143. The zero-order valence-corrected chi connectivity index (χ0v) is 22.0. The Morgan fingerprint density at radius 2 is 0.872 bits per heavy atom. The summed E-state index contributed by atoms with van der Waals surface area (Å²) < 4.78 is 85.9. The van der Waals surface area contributed by atoms with Crippen LogP contribution in [0, 0.1) is 0 Å². The second kappa shape index (κ2) is 12.0. The van der Waals surface area contributed by atoms with E-state index in [1.165, 1.54) is 48.2 Å². The predicted molar refractivity (Wildman–Crippen MR) is 140 cm³/mol. The first-order valence-corrected chi connectivity index (χ1v) is 12.9. The topological polar surface area (TPSA) is 18.5 Å². The highest BCUT2D eigenvalue weighted by atomic mass is 35.5. The summed E-state index contributed by atoms with van der Waals surface area (Å²) >= 11 is 13.5. The maximum Gasteiger partial charge on any atom is 0.573 e. The van der Waals surface area contributed by atoms with Gasteiger partial charge in [-0.05, 0) is 70.8 Å². The van der Waals surface area contributed by atoms with Crippen LogP contribution >= 0.6 is 35.0 Å². The Morgan fingerprint density at radius 3 is 1.21 bits per heavy atom. The van der Waals surface area contributed by atoms with Crippen LogP contribution in [-0.4, -0.2) is 12.7 Å². The van der Waals surface area contributed by atoms with Crippen molar-refractivity contribution in [2.75, 3.05) is 0 Å². The van der Waals surface area contributed by atoms with E-state index in [1.807, 2.05) is 0 Å². The molecule has 0 bridgehead atoms. The van der Waals surface area contributed by atoms with Crippen molar-refractivity contribution in [1.29, 1.82) is 0 Å². The number of hydrogen-bond acceptors (Lipinski definition) is 3. The molecular weight excluding hydrogens is 585 g/mol. The number of ether oxygens (including phenoxy) is 2. The molecule has 0 radical (unpaired) electrons. The third-order valence-corrected chi connectivity index (χ3v) is 7.54. The van der Waals surface area contributed by atoms with Crippen molar-refractivity contribution in [2.24, 2.45) is 0 Å². The molecule has 0 spiro atoms. The molecule has 39 heavy (non-hydrogen) atoms. The van der Waals surface area contributed by atoms with Gasteiger partial charge in [0, 0.05) is 10.0 Å². The van der Waals surface area contributed by atoms with Crippen molar-refractivity contribution >= 4 is 35.0 Å². The van der Waals surface area contributed by atoms with Gasteiger partial charge in [-0.3, -0.25) is 0 Å². The SMILES string of the molecule is FC(F)(F)Oc1cccc(C(SC(c2ccc(Cl)cc2)c2cccc(OC(F)(F)F)c2)c2ccc(Cl)cc2)c1. The maximum absolute atomic E-state index is 12.9. The Labute approximate surface area is 234 Å². The van der Waals surface area contributed by atoms with Crippen LogP contribution in [0.3, 0.4) is 0 Å². The number of benzene rings is 4. The van der Waals surface area contributed by atoms with Crippen LogP contribution < -0.4 is 9.47 Å². The third kappa shape index (κ3) is 8.49. The van der Waals surface area contributed by atoms with E-state index in [2.05, 4.69) is 9.47 Å². The highest BCUT2D eigenvalue weighted by Gasteiger charge is 2.33. The van der Waals surface area contributed by atoms with Gasteiger partial charge >= 0.3 is 12.7 Å². The van der Waals surface area contributed by atoms with E-state index in [9.17, 15) is 26.3 Å². The lowest BCUT2D eigenvalue weighted by atomic mass is 10.0. The molecule has 11 heteroatoms. The highest BCUT2D eigenvalue weighted by molar-refractivity contribution is 8.00. The smallest absolute Gasteiger partial charge is 0.406 e. The molecule has 0 saturated carbocycles. The van der Waals surface area contributed by atoms with Crippen molar-refractivity contribution in [2.45, 2.75) is 23.2 Å². The molecule has 0 amide bonds. The molecule has 4 aromatic carbocycles. The summed E-state index contributed by atoms with van der Waals surface area (Å²) in [5.74, 6) is -0.800. The van der Waals surface area contributed by atoms with Crippen LogP contribution in [-0.2, 0) is 0 Å². The minimum Gasteiger partial charge on any atom is -0.406 e. The van der Waals surface area contributed by atoms with Gasteiger partial charge in [0.15, 0.2) is 0 Å². The fourth-order valence-corrected chi connectivity index (χ4v) is 5.62. The molecular formula is C28H18Cl2F6O2S. The normalized spacial score (nSPS) is 13.5. The first-order chi connectivity index (χ1) is 18.4. The Bertz CT molecular complexity index is 1290. The van der Waals surface area contributed by atoms with Crippen molar-refractivity contribution in [3.05, 3.63) is 129 Å². The molecule has 4 aromatic rings. The summed E-state index contributed by atoms with van der Waals surface area (Å²) in [6.45, 7) is 0. The van der Waals surface area contributed by atoms with Crippen LogP contribution in [0.5, 0.6) is 11.5 Å². The monoisotopic (exact) mass is 602 g/mol. The minimum atomic E-state index is -4.88. The second-order valence-corrected chi connectivity index (χ2v) is 10.3. The quantitative estimate of drug-likeness (QED) is 0.187. The molecule has 0 N–H and O–H groups in total. The summed E-state index contributed by atoms with van der Waals surface area (Å²) in [6.07, 6.45) is -9.77. The standard InChI is InChI=1S/C28H18Cl2F6O2S/c29-21-11-7-17(8-12-21)25(19-3-1-5-23(15-19)37-27(31,32)33)39-26(18-9-13-22(30)14-10-18)20-4-2-6-24(16-20)38-28(34,35)36/h1-16,25-26H. The van der Waals surface area contributed by atoms with Gasteiger partial charge < -0.3 is 9.47 Å². The van der Waals surface area contributed by atoms with Crippen LogP contribution in [0.4, 0.5) is 26.3 Å². The van der Waals surface area contributed by atoms with Gasteiger partial charge in [-0.2, -0.15) is 0 Å². The van der Waals surface area contributed by atoms with Crippen LogP contribution in [0.2, 0.25) is 10.0 Å². The average molecular weight is 603 g/mol. The summed E-state index contributed by atoms with van der Waals surface area (Å²) in [5.41, 5.74) is 2.36. The summed E-state index contributed by atoms with van der Waals surface area (Å²) in [6, 6.07) is 24.7. The Hall–Kier alpha value is -3.01. The predicted octanol–water partition coefficient (Wildman–Crippen LogP) is 10.4. The van der Waals surface area contributed by atoms with Gasteiger partial charge in [-0.1, -0.05) is 71.7 Å². The lowest BCUT2D eigenvalue weighted by Gasteiger charge is -2.26. The van der Waals surface area contributed by atoms with Crippen molar-refractivity contribution < 1.29 is 35.8 Å². The van der Waals surface area contributed by atoms with Crippen molar-refractivity contribution in [3.63, 3.8) is 0 Å². The molecule has 2 nitrogen and oxygen atoms in total. The summed E-state index contributed by atoms with van der Waals surface area (Å²) in [4.78, 5) is 0. The molecule has 0 aromatic heterocycles. The number of halogens is 8. The molecule has 0 saturated heterocycles. The summed E-state index contributed by atoms with van der Waals surface area (Å²) in [5, 5.41) is -0.232. The van der Waals surface area contributed by atoms with E-state index in [4.69, 9.17) is 23.2 Å². The van der Waals surface area contributed by atoms with Gasteiger partial charge in [0.05, 0.1) is 10.5 Å². The number of hydrogen-bond donors (Lipinski definition) is 0.